The van der Waals surface area contributed by atoms with E-state index in [9.17, 15) is 22.0 Å². The molecular weight excluding hydrogens is 293 g/mol. The fourth-order valence-corrected chi connectivity index (χ4v) is 1.95. The number of aryl methyl sites for hydroxylation is 1. The lowest BCUT2D eigenvalue weighted by Gasteiger charge is -2.20. The molecular formula is C14H18F5NO. The molecule has 0 bridgehead atoms. The van der Waals surface area contributed by atoms with Crippen molar-refractivity contribution in [1.82, 2.24) is 5.32 Å². The zero-order chi connectivity index (χ0) is 16.0. The maximum Gasteiger partial charge on any atom is 0.411 e. The van der Waals surface area contributed by atoms with E-state index < -0.39 is 30.5 Å². The van der Waals surface area contributed by atoms with Gasteiger partial charge in [-0.25, -0.2) is 8.78 Å². The van der Waals surface area contributed by atoms with E-state index in [2.05, 4.69) is 10.1 Å². The Morgan fingerprint density at radius 2 is 1.86 bits per heavy atom. The van der Waals surface area contributed by atoms with E-state index in [4.69, 9.17) is 0 Å². The van der Waals surface area contributed by atoms with Gasteiger partial charge >= 0.3 is 6.18 Å². The third kappa shape index (κ3) is 5.97. The Morgan fingerprint density at radius 3 is 2.43 bits per heavy atom. The van der Waals surface area contributed by atoms with Gasteiger partial charge in [-0.3, -0.25) is 0 Å². The Hall–Kier alpha value is -1.21. The molecule has 0 amide bonds. The second-order valence-corrected chi connectivity index (χ2v) is 4.69. The normalized spacial score (nSPS) is 13.5. The zero-order valence-corrected chi connectivity index (χ0v) is 11.9. The van der Waals surface area contributed by atoms with Crippen LogP contribution in [0.4, 0.5) is 22.0 Å². The van der Waals surface area contributed by atoms with Gasteiger partial charge in [-0.1, -0.05) is 6.92 Å². The third-order valence-electron chi connectivity index (χ3n) is 2.92. The first-order valence-electron chi connectivity index (χ1n) is 6.58. The van der Waals surface area contributed by atoms with Crippen molar-refractivity contribution in [3.63, 3.8) is 0 Å². The highest BCUT2D eigenvalue weighted by Gasteiger charge is 2.27. The number of benzene rings is 1. The first-order chi connectivity index (χ1) is 9.74. The molecule has 1 N–H and O–H groups in total. The largest absolute Gasteiger partial charge is 0.411 e. The van der Waals surface area contributed by atoms with Crippen LogP contribution < -0.4 is 5.32 Å². The molecule has 0 aliphatic rings. The lowest BCUT2D eigenvalue weighted by atomic mass is 10.0. The summed E-state index contributed by atoms with van der Waals surface area (Å²) in [7, 11) is 0. The molecule has 0 saturated carbocycles. The van der Waals surface area contributed by atoms with Gasteiger partial charge in [-0.05, 0) is 31.5 Å². The van der Waals surface area contributed by atoms with Gasteiger partial charge in [0.1, 0.15) is 18.2 Å². The van der Waals surface area contributed by atoms with Crippen molar-refractivity contribution in [3.8, 4) is 0 Å². The summed E-state index contributed by atoms with van der Waals surface area (Å²) >= 11 is 0. The molecule has 1 aromatic rings. The van der Waals surface area contributed by atoms with Crippen molar-refractivity contribution in [2.75, 3.05) is 19.8 Å². The van der Waals surface area contributed by atoms with Crippen LogP contribution >= 0.6 is 0 Å². The fourth-order valence-electron chi connectivity index (χ4n) is 1.95. The molecule has 0 aliphatic heterocycles. The molecule has 0 aliphatic carbocycles. The number of alkyl halides is 3. The van der Waals surface area contributed by atoms with E-state index in [-0.39, 0.29) is 24.2 Å². The minimum atomic E-state index is -4.38. The minimum absolute atomic E-state index is 0.159. The Kier molecular flexibility index (Phi) is 6.54. The minimum Gasteiger partial charge on any atom is -0.372 e. The van der Waals surface area contributed by atoms with Crippen LogP contribution in [0.2, 0.25) is 0 Å². The summed E-state index contributed by atoms with van der Waals surface area (Å²) in [5.41, 5.74) is 0.511. The second-order valence-electron chi connectivity index (χ2n) is 4.69. The van der Waals surface area contributed by atoms with Crippen molar-refractivity contribution in [2.45, 2.75) is 32.5 Å². The topological polar surface area (TPSA) is 21.3 Å². The van der Waals surface area contributed by atoms with Gasteiger partial charge in [0.25, 0.3) is 0 Å². The quantitative estimate of drug-likeness (QED) is 0.609. The van der Waals surface area contributed by atoms with Crippen LogP contribution in [0.15, 0.2) is 12.1 Å². The number of ether oxygens (including phenoxy) is 1. The van der Waals surface area contributed by atoms with Gasteiger partial charge in [0.2, 0.25) is 0 Å². The highest BCUT2D eigenvalue weighted by molar-refractivity contribution is 5.28. The molecule has 1 atom stereocenters. The molecule has 0 spiro atoms. The molecule has 21 heavy (non-hydrogen) atoms. The lowest BCUT2D eigenvalue weighted by Crippen LogP contribution is -2.25. The number of halogens is 5. The molecule has 0 heterocycles. The molecule has 0 aromatic heterocycles. The van der Waals surface area contributed by atoms with E-state index in [1.165, 1.54) is 13.0 Å². The Labute approximate surface area is 120 Å². The average molecular weight is 311 g/mol. The van der Waals surface area contributed by atoms with E-state index in [0.717, 1.165) is 6.07 Å². The van der Waals surface area contributed by atoms with Gasteiger partial charge in [0.05, 0.1) is 0 Å². The lowest BCUT2D eigenvalue weighted by molar-refractivity contribution is -0.174. The molecule has 1 rings (SSSR count). The highest BCUT2D eigenvalue weighted by atomic mass is 19.4. The molecule has 1 unspecified atom stereocenters. The molecule has 0 radical (unpaired) electrons. The van der Waals surface area contributed by atoms with Gasteiger partial charge in [0, 0.05) is 24.3 Å². The summed E-state index contributed by atoms with van der Waals surface area (Å²) in [6.45, 7) is 2.28. The summed E-state index contributed by atoms with van der Waals surface area (Å²) < 4.78 is 67.5. The van der Waals surface area contributed by atoms with Gasteiger partial charge < -0.3 is 10.1 Å². The maximum atomic E-state index is 13.8. The second kappa shape index (κ2) is 7.70. The van der Waals surface area contributed by atoms with Crippen molar-refractivity contribution in [3.05, 3.63) is 34.9 Å². The van der Waals surface area contributed by atoms with Crippen molar-refractivity contribution in [1.29, 1.82) is 0 Å². The molecule has 0 saturated heterocycles. The smallest absolute Gasteiger partial charge is 0.372 e. The van der Waals surface area contributed by atoms with E-state index in [1.807, 2.05) is 0 Å². The summed E-state index contributed by atoms with van der Waals surface area (Å²) in [6.07, 6.45) is -4.22. The number of rotatable bonds is 7. The number of hydrogen-bond acceptors (Lipinski definition) is 2. The summed E-state index contributed by atoms with van der Waals surface area (Å²) in [4.78, 5) is 0. The van der Waals surface area contributed by atoms with Crippen molar-refractivity contribution < 1.29 is 26.7 Å². The SMILES string of the molecule is CCNC(CCOCC(F)(F)F)c1cc(C)c(F)cc1F. The van der Waals surface area contributed by atoms with Gasteiger partial charge in [-0.15, -0.1) is 0 Å². The van der Waals surface area contributed by atoms with E-state index in [0.29, 0.717) is 6.54 Å². The summed E-state index contributed by atoms with van der Waals surface area (Å²) in [6, 6.07) is 1.62. The monoisotopic (exact) mass is 311 g/mol. The number of nitrogens with one attached hydrogen (secondary N) is 1. The van der Waals surface area contributed by atoms with Gasteiger partial charge in [-0.2, -0.15) is 13.2 Å². The molecule has 120 valence electrons. The van der Waals surface area contributed by atoms with Crippen LogP contribution in [-0.4, -0.2) is 25.9 Å². The van der Waals surface area contributed by atoms with E-state index in [1.54, 1.807) is 6.92 Å². The van der Waals surface area contributed by atoms with Crippen LogP contribution in [0, 0.1) is 18.6 Å². The Bertz CT molecular complexity index is 461. The average Bonchev–Trinajstić information content (AvgIpc) is 2.36. The summed E-state index contributed by atoms with van der Waals surface area (Å²) in [5, 5.41) is 2.96. The van der Waals surface area contributed by atoms with Crippen molar-refractivity contribution in [2.24, 2.45) is 0 Å². The zero-order valence-electron chi connectivity index (χ0n) is 11.9. The van der Waals surface area contributed by atoms with Crippen LogP contribution in [0.25, 0.3) is 0 Å². The summed E-state index contributed by atoms with van der Waals surface area (Å²) in [5.74, 6) is -1.38. The Balaban J connectivity index is 2.71. The molecule has 0 fully saturated rings. The first-order valence-corrected chi connectivity index (χ1v) is 6.58. The first kappa shape index (κ1) is 17.8. The number of hydrogen-bond donors (Lipinski definition) is 1. The molecule has 2 nitrogen and oxygen atoms in total. The predicted octanol–water partition coefficient (Wildman–Crippen LogP) is 3.89. The van der Waals surface area contributed by atoms with Crippen molar-refractivity contribution >= 4 is 0 Å². The maximum absolute atomic E-state index is 13.8. The van der Waals surface area contributed by atoms with Crippen LogP contribution in [0.5, 0.6) is 0 Å². The van der Waals surface area contributed by atoms with Crippen LogP contribution in [-0.2, 0) is 4.74 Å². The Morgan fingerprint density at radius 1 is 1.19 bits per heavy atom. The van der Waals surface area contributed by atoms with Crippen LogP contribution in [0.3, 0.4) is 0 Å². The highest BCUT2D eigenvalue weighted by Crippen LogP contribution is 2.24. The standard InChI is InChI=1S/C14H18F5NO/c1-3-20-13(4-5-21-8-14(17,18)19)10-6-9(2)11(15)7-12(10)16/h6-7,13,20H,3-5,8H2,1-2H3. The predicted molar refractivity (Wildman–Crippen MR) is 69.0 cm³/mol. The fraction of sp³-hybridized carbons (Fsp3) is 0.571. The van der Waals surface area contributed by atoms with Crippen LogP contribution in [0.1, 0.15) is 30.5 Å². The van der Waals surface area contributed by atoms with E-state index >= 15 is 0 Å². The van der Waals surface area contributed by atoms with Gasteiger partial charge in [0.15, 0.2) is 0 Å². The third-order valence-corrected chi connectivity index (χ3v) is 2.92. The molecule has 7 heteroatoms. The molecule has 1 aromatic carbocycles.